The maximum Gasteiger partial charge on any atom is 0.232 e. The van der Waals surface area contributed by atoms with Crippen molar-refractivity contribution in [2.75, 3.05) is 29.1 Å². The predicted octanol–water partition coefficient (Wildman–Crippen LogP) is 3.90. The van der Waals surface area contributed by atoms with Crippen LogP contribution in [0.15, 0.2) is 48.8 Å². The van der Waals surface area contributed by atoms with Crippen LogP contribution in [0, 0.1) is 12.7 Å². The number of carbonyl (C=O) groups excluding carboxylic acids is 1. The molecule has 1 heterocycles. The molecule has 1 aromatic heterocycles. The van der Waals surface area contributed by atoms with Gasteiger partial charge in [-0.2, -0.15) is 4.98 Å². The molecule has 0 aliphatic rings. The van der Waals surface area contributed by atoms with Gasteiger partial charge in [0.25, 0.3) is 0 Å². The van der Waals surface area contributed by atoms with Gasteiger partial charge < -0.3 is 20.7 Å². The third-order valence-electron chi connectivity index (χ3n) is 4.15. The van der Waals surface area contributed by atoms with E-state index in [-0.39, 0.29) is 11.7 Å². The van der Waals surface area contributed by atoms with E-state index in [1.54, 1.807) is 12.1 Å². The number of nitrogens with one attached hydrogen (secondary N) is 3. The number of halogens is 1. The number of carbonyl (C=O) groups is 1. The quantitative estimate of drug-likeness (QED) is 0.460. The van der Waals surface area contributed by atoms with Crippen LogP contribution in [0.25, 0.3) is 0 Å². The topological polar surface area (TPSA) is 101 Å². The fraction of sp³-hybridized carbons (Fsp3) is 0.238. The number of aromatic nitrogens is 3. The third kappa shape index (κ3) is 6.13. The summed E-state index contributed by atoms with van der Waals surface area (Å²) in [6, 6.07) is 11.5. The summed E-state index contributed by atoms with van der Waals surface area (Å²) in [6.07, 6.45) is 2.13. The molecule has 8 nitrogen and oxygen atoms in total. The van der Waals surface area contributed by atoms with Gasteiger partial charge in [-0.1, -0.05) is 6.07 Å². The number of hydrogen-bond donors (Lipinski definition) is 3. The van der Waals surface area contributed by atoms with Gasteiger partial charge >= 0.3 is 0 Å². The number of hydrogen-bond acceptors (Lipinski definition) is 7. The first-order valence-electron chi connectivity index (χ1n) is 9.47. The molecule has 3 aromatic rings. The second-order valence-corrected chi connectivity index (χ2v) is 6.50. The van der Waals surface area contributed by atoms with Gasteiger partial charge in [0.15, 0.2) is 0 Å². The molecule has 0 fully saturated rings. The van der Waals surface area contributed by atoms with Crippen LogP contribution in [-0.4, -0.2) is 34.0 Å². The van der Waals surface area contributed by atoms with Crippen molar-refractivity contribution in [1.82, 2.24) is 15.0 Å². The Morgan fingerprint density at radius 1 is 1.07 bits per heavy atom. The molecule has 0 unspecified atom stereocenters. The molecule has 0 radical (unpaired) electrons. The van der Waals surface area contributed by atoms with Gasteiger partial charge in [-0.05, 0) is 55.3 Å². The van der Waals surface area contributed by atoms with Crippen molar-refractivity contribution < 1.29 is 13.9 Å². The normalized spacial score (nSPS) is 10.4. The Hall–Kier alpha value is -3.75. The lowest BCUT2D eigenvalue weighted by Crippen LogP contribution is -2.11. The minimum Gasteiger partial charge on any atom is -0.494 e. The van der Waals surface area contributed by atoms with Gasteiger partial charge in [0.2, 0.25) is 17.8 Å². The maximum absolute atomic E-state index is 12.9. The van der Waals surface area contributed by atoms with Crippen LogP contribution in [0.1, 0.15) is 18.9 Å². The fourth-order valence-corrected chi connectivity index (χ4v) is 2.65. The summed E-state index contributed by atoms with van der Waals surface area (Å²) >= 11 is 0. The number of benzene rings is 2. The molecule has 9 heteroatoms. The molecule has 0 saturated heterocycles. The van der Waals surface area contributed by atoms with E-state index in [9.17, 15) is 9.18 Å². The van der Waals surface area contributed by atoms with E-state index in [0.717, 1.165) is 16.9 Å². The number of nitrogens with zero attached hydrogens (tertiary/aromatic N) is 3. The summed E-state index contributed by atoms with van der Waals surface area (Å²) in [5.41, 5.74) is 2.38. The highest BCUT2D eigenvalue weighted by atomic mass is 19.1. The molecule has 0 bridgehead atoms. The van der Waals surface area contributed by atoms with Crippen LogP contribution in [-0.2, 0) is 4.79 Å². The second kappa shape index (κ2) is 10.1. The highest BCUT2D eigenvalue weighted by molar-refractivity contribution is 5.90. The lowest BCUT2D eigenvalue weighted by molar-refractivity contribution is -0.114. The number of ether oxygens (including phenoxy) is 1. The van der Waals surface area contributed by atoms with E-state index in [4.69, 9.17) is 4.74 Å². The van der Waals surface area contributed by atoms with Crippen molar-refractivity contribution in [2.45, 2.75) is 20.3 Å². The molecule has 3 N–H and O–H groups in total. The van der Waals surface area contributed by atoms with E-state index in [0.29, 0.717) is 37.2 Å². The van der Waals surface area contributed by atoms with E-state index in [1.165, 1.54) is 25.4 Å². The van der Waals surface area contributed by atoms with Gasteiger partial charge in [0.05, 0.1) is 6.61 Å². The summed E-state index contributed by atoms with van der Waals surface area (Å²) in [5.74, 6) is 1.02. The van der Waals surface area contributed by atoms with Crippen LogP contribution in [0.2, 0.25) is 0 Å². The summed E-state index contributed by atoms with van der Waals surface area (Å²) in [6.45, 7) is 4.44. The molecular formula is C21H23FN6O2. The summed E-state index contributed by atoms with van der Waals surface area (Å²) < 4.78 is 18.4. The van der Waals surface area contributed by atoms with Gasteiger partial charge in [-0.3, -0.25) is 4.79 Å². The first-order chi connectivity index (χ1) is 14.5. The molecule has 0 atom stereocenters. The largest absolute Gasteiger partial charge is 0.494 e. The third-order valence-corrected chi connectivity index (χ3v) is 4.15. The highest BCUT2D eigenvalue weighted by Crippen LogP contribution is 2.25. The zero-order valence-corrected chi connectivity index (χ0v) is 16.8. The van der Waals surface area contributed by atoms with Crippen molar-refractivity contribution in [3.05, 3.63) is 60.2 Å². The minimum atomic E-state index is -0.291. The number of anilines is 4. The highest BCUT2D eigenvalue weighted by Gasteiger charge is 2.07. The Morgan fingerprint density at radius 2 is 1.80 bits per heavy atom. The monoisotopic (exact) mass is 410 g/mol. The van der Waals surface area contributed by atoms with Crippen LogP contribution in [0.5, 0.6) is 5.75 Å². The Bertz CT molecular complexity index is 997. The molecule has 2 aromatic carbocycles. The van der Waals surface area contributed by atoms with Crippen molar-refractivity contribution in [2.24, 2.45) is 0 Å². The predicted molar refractivity (Wildman–Crippen MR) is 114 cm³/mol. The van der Waals surface area contributed by atoms with E-state index < -0.39 is 0 Å². The SMILES string of the molecule is CC(=O)Nc1cccc(Nc2ncnc(NCCCOc3ccc(F)cc3)n2)c1C. The zero-order chi connectivity index (χ0) is 21.3. The Labute approximate surface area is 173 Å². The smallest absolute Gasteiger partial charge is 0.232 e. The van der Waals surface area contributed by atoms with Crippen molar-refractivity contribution in [3.8, 4) is 5.75 Å². The lowest BCUT2D eigenvalue weighted by Gasteiger charge is -2.13. The average molecular weight is 410 g/mol. The van der Waals surface area contributed by atoms with Gasteiger partial charge in [0.1, 0.15) is 17.9 Å². The van der Waals surface area contributed by atoms with E-state index in [2.05, 4.69) is 30.9 Å². The summed E-state index contributed by atoms with van der Waals surface area (Å²) in [5, 5.41) is 9.05. The first-order valence-corrected chi connectivity index (χ1v) is 9.47. The second-order valence-electron chi connectivity index (χ2n) is 6.50. The molecule has 0 spiro atoms. The van der Waals surface area contributed by atoms with Gasteiger partial charge in [-0.25, -0.2) is 14.4 Å². The maximum atomic E-state index is 12.9. The molecular weight excluding hydrogens is 387 g/mol. The summed E-state index contributed by atoms with van der Waals surface area (Å²) in [7, 11) is 0. The molecule has 0 aliphatic carbocycles. The Balaban J connectivity index is 1.51. The standard InChI is InChI=1S/C21H23FN6O2/c1-14-18(26-15(2)29)5-3-6-19(14)27-21-25-13-24-20(28-21)23-11-4-12-30-17-9-7-16(22)8-10-17/h3,5-10,13H,4,11-12H2,1-2H3,(H,26,29)(H2,23,24,25,27,28). The zero-order valence-electron chi connectivity index (χ0n) is 16.8. The van der Waals surface area contributed by atoms with Crippen molar-refractivity contribution >= 4 is 29.2 Å². The van der Waals surface area contributed by atoms with E-state index in [1.807, 2.05) is 25.1 Å². The number of amides is 1. The molecule has 0 saturated carbocycles. The molecule has 1 amide bonds. The van der Waals surface area contributed by atoms with Crippen LogP contribution >= 0.6 is 0 Å². The van der Waals surface area contributed by atoms with E-state index >= 15 is 0 Å². The average Bonchev–Trinajstić information content (AvgIpc) is 2.72. The first kappa shape index (κ1) is 21.0. The Kier molecular flexibility index (Phi) is 7.09. The molecule has 0 aliphatic heterocycles. The number of rotatable bonds is 9. The summed E-state index contributed by atoms with van der Waals surface area (Å²) in [4.78, 5) is 23.9. The Morgan fingerprint density at radius 3 is 2.57 bits per heavy atom. The van der Waals surface area contributed by atoms with Crippen molar-refractivity contribution in [1.29, 1.82) is 0 Å². The molecule has 30 heavy (non-hydrogen) atoms. The minimum absolute atomic E-state index is 0.134. The van der Waals surface area contributed by atoms with Crippen molar-refractivity contribution in [3.63, 3.8) is 0 Å². The van der Waals surface area contributed by atoms with Crippen LogP contribution in [0.4, 0.5) is 27.7 Å². The molecule has 156 valence electrons. The van der Waals surface area contributed by atoms with Crippen LogP contribution < -0.4 is 20.7 Å². The fourth-order valence-electron chi connectivity index (χ4n) is 2.65. The van der Waals surface area contributed by atoms with Gasteiger partial charge in [0, 0.05) is 24.8 Å². The van der Waals surface area contributed by atoms with Gasteiger partial charge in [-0.15, -0.1) is 0 Å². The molecule has 3 rings (SSSR count). The lowest BCUT2D eigenvalue weighted by atomic mass is 10.1. The van der Waals surface area contributed by atoms with Crippen LogP contribution in [0.3, 0.4) is 0 Å².